The molecule has 2 aromatic rings. The quantitative estimate of drug-likeness (QED) is 0.650. The number of carboxylic acid groups (broad SMARTS) is 1. The Morgan fingerprint density at radius 1 is 0.958 bits per heavy atom. The highest BCUT2D eigenvalue weighted by Crippen LogP contribution is 2.23. The minimum Gasteiger partial charge on any atom is -0.494 e. The number of carboxylic acids is 1. The van der Waals surface area contributed by atoms with Gasteiger partial charge in [0, 0.05) is 6.54 Å². The Morgan fingerprint density at radius 3 is 2.21 bits per heavy atom. The van der Waals surface area contributed by atoms with Crippen molar-refractivity contribution in [1.29, 1.82) is 0 Å². The number of unbranched alkanes of at least 4 members (excludes halogenated alkanes) is 1. The predicted octanol–water partition coefficient (Wildman–Crippen LogP) is 3.69. The molecule has 0 aliphatic carbocycles. The highest BCUT2D eigenvalue weighted by molar-refractivity contribution is 5.70. The molecular weight excluding hydrogens is 306 g/mol. The fraction of sp³-hybridized carbons (Fsp3) is 0.316. The summed E-state index contributed by atoms with van der Waals surface area (Å²) in [5, 5.41) is 8.92. The summed E-state index contributed by atoms with van der Waals surface area (Å²) in [4.78, 5) is 10.9. The highest BCUT2D eigenvalue weighted by Gasteiger charge is 2.14. The molecular formula is C19H23NO4. The maximum atomic E-state index is 10.9. The second-order valence-electron chi connectivity index (χ2n) is 5.50. The van der Waals surface area contributed by atoms with Crippen molar-refractivity contribution in [3.05, 3.63) is 54.6 Å². The van der Waals surface area contributed by atoms with Gasteiger partial charge in [0.15, 0.2) is 0 Å². The molecule has 128 valence electrons. The van der Waals surface area contributed by atoms with Gasteiger partial charge in [0.1, 0.15) is 17.2 Å². The fourth-order valence-electron chi connectivity index (χ4n) is 2.25. The highest BCUT2D eigenvalue weighted by atomic mass is 16.5. The van der Waals surface area contributed by atoms with Crippen LogP contribution in [0.5, 0.6) is 17.2 Å². The SMILES string of the molecule is NCC(CCCCOc1ccc(Oc2ccccc2)cc1)C(=O)O. The third kappa shape index (κ3) is 5.93. The molecule has 0 aliphatic rings. The van der Waals surface area contributed by atoms with E-state index in [4.69, 9.17) is 20.3 Å². The van der Waals surface area contributed by atoms with Crippen molar-refractivity contribution in [1.82, 2.24) is 0 Å². The molecule has 0 heterocycles. The van der Waals surface area contributed by atoms with Crippen LogP contribution < -0.4 is 15.2 Å². The molecule has 5 nitrogen and oxygen atoms in total. The molecule has 0 bridgehead atoms. The van der Waals surface area contributed by atoms with Crippen LogP contribution in [0.4, 0.5) is 0 Å². The number of rotatable bonds is 10. The van der Waals surface area contributed by atoms with Gasteiger partial charge in [0.25, 0.3) is 0 Å². The number of hydrogen-bond acceptors (Lipinski definition) is 4. The summed E-state index contributed by atoms with van der Waals surface area (Å²) in [6, 6.07) is 17.0. The van der Waals surface area contributed by atoms with Gasteiger partial charge < -0.3 is 20.3 Å². The van der Waals surface area contributed by atoms with Crippen molar-refractivity contribution in [2.75, 3.05) is 13.2 Å². The Labute approximate surface area is 142 Å². The van der Waals surface area contributed by atoms with Crippen LogP contribution in [0.25, 0.3) is 0 Å². The molecule has 0 aliphatic heterocycles. The molecule has 0 saturated heterocycles. The van der Waals surface area contributed by atoms with Crippen molar-refractivity contribution in [3.63, 3.8) is 0 Å². The molecule has 0 amide bonds. The minimum absolute atomic E-state index is 0.180. The zero-order valence-electron chi connectivity index (χ0n) is 13.6. The molecule has 3 N–H and O–H groups in total. The van der Waals surface area contributed by atoms with E-state index in [1.54, 1.807) is 0 Å². The van der Waals surface area contributed by atoms with E-state index >= 15 is 0 Å². The van der Waals surface area contributed by atoms with Crippen LogP contribution in [-0.4, -0.2) is 24.2 Å². The van der Waals surface area contributed by atoms with Crippen molar-refractivity contribution in [2.45, 2.75) is 19.3 Å². The first-order chi connectivity index (χ1) is 11.7. The second-order valence-corrected chi connectivity index (χ2v) is 5.50. The molecule has 1 unspecified atom stereocenters. The first-order valence-corrected chi connectivity index (χ1v) is 8.07. The largest absolute Gasteiger partial charge is 0.494 e. The first kappa shape index (κ1) is 17.8. The molecule has 24 heavy (non-hydrogen) atoms. The van der Waals surface area contributed by atoms with Gasteiger partial charge in [-0.3, -0.25) is 4.79 Å². The lowest BCUT2D eigenvalue weighted by molar-refractivity contribution is -0.141. The molecule has 0 fully saturated rings. The zero-order chi connectivity index (χ0) is 17.2. The summed E-state index contributed by atoms with van der Waals surface area (Å²) < 4.78 is 11.4. The van der Waals surface area contributed by atoms with Gasteiger partial charge in [-0.2, -0.15) is 0 Å². The van der Waals surface area contributed by atoms with E-state index in [1.165, 1.54) is 0 Å². The average molecular weight is 329 g/mol. The molecule has 2 aromatic carbocycles. The summed E-state index contributed by atoms with van der Waals surface area (Å²) in [6.45, 7) is 0.731. The fourth-order valence-corrected chi connectivity index (χ4v) is 2.25. The Bertz CT molecular complexity index is 613. The van der Waals surface area contributed by atoms with E-state index in [1.807, 2.05) is 54.6 Å². The van der Waals surface area contributed by atoms with E-state index in [9.17, 15) is 4.79 Å². The smallest absolute Gasteiger partial charge is 0.307 e. The van der Waals surface area contributed by atoms with E-state index in [-0.39, 0.29) is 6.54 Å². The number of carbonyl (C=O) groups is 1. The van der Waals surface area contributed by atoms with Gasteiger partial charge in [-0.15, -0.1) is 0 Å². The van der Waals surface area contributed by atoms with Crippen LogP contribution in [-0.2, 0) is 4.79 Å². The lowest BCUT2D eigenvalue weighted by Crippen LogP contribution is -2.23. The average Bonchev–Trinajstić information content (AvgIpc) is 2.60. The molecule has 0 spiro atoms. The monoisotopic (exact) mass is 329 g/mol. The lowest BCUT2D eigenvalue weighted by Gasteiger charge is -2.10. The maximum absolute atomic E-state index is 10.9. The normalized spacial score (nSPS) is 11.7. The molecule has 2 rings (SSSR count). The van der Waals surface area contributed by atoms with Crippen LogP contribution in [0.2, 0.25) is 0 Å². The van der Waals surface area contributed by atoms with Gasteiger partial charge in [-0.25, -0.2) is 0 Å². The number of hydrogen-bond donors (Lipinski definition) is 2. The van der Waals surface area contributed by atoms with Gasteiger partial charge in [0.2, 0.25) is 0 Å². The van der Waals surface area contributed by atoms with Crippen molar-refractivity contribution < 1.29 is 19.4 Å². The van der Waals surface area contributed by atoms with Crippen LogP contribution in [0.15, 0.2) is 54.6 Å². The Balaban J connectivity index is 1.69. The minimum atomic E-state index is -0.826. The van der Waals surface area contributed by atoms with E-state index in [2.05, 4.69) is 0 Å². The summed E-state index contributed by atoms with van der Waals surface area (Å²) in [7, 11) is 0. The Hall–Kier alpha value is -2.53. The van der Waals surface area contributed by atoms with Gasteiger partial charge >= 0.3 is 5.97 Å². The summed E-state index contributed by atoms with van der Waals surface area (Å²) >= 11 is 0. The standard InChI is InChI=1S/C19H23NO4/c20-14-15(19(21)22)6-4-5-13-23-16-9-11-18(12-10-16)24-17-7-2-1-3-8-17/h1-3,7-12,15H,4-6,13-14,20H2,(H,21,22). The maximum Gasteiger partial charge on any atom is 0.307 e. The lowest BCUT2D eigenvalue weighted by atomic mass is 10.0. The molecule has 5 heteroatoms. The molecule has 0 aromatic heterocycles. The Kier molecular flexibility index (Phi) is 7.11. The number of ether oxygens (including phenoxy) is 2. The zero-order valence-corrected chi connectivity index (χ0v) is 13.6. The molecule has 1 atom stereocenters. The summed E-state index contributed by atoms with van der Waals surface area (Å²) in [5.74, 6) is 1.02. The van der Waals surface area contributed by atoms with E-state index < -0.39 is 11.9 Å². The van der Waals surface area contributed by atoms with Gasteiger partial charge in [-0.1, -0.05) is 18.2 Å². The number of nitrogens with two attached hydrogens (primary N) is 1. The Morgan fingerprint density at radius 2 is 1.58 bits per heavy atom. The van der Waals surface area contributed by atoms with Crippen molar-refractivity contribution in [3.8, 4) is 17.2 Å². The summed E-state index contributed by atoms with van der Waals surface area (Å²) in [5.41, 5.74) is 5.42. The van der Waals surface area contributed by atoms with Crippen LogP contribution in [0.1, 0.15) is 19.3 Å². The van der Waals surface area contributed by atoms with Crippen molar-refractivity contribution >= 4 is 5.97 Å². The number of benzene rings is 2. The topological polar surface area (TPSA) is 81.8 Å². The van der Waals surface area contributed by atoms with Gasteiger partial charge in [0.05, 0.1) is 12.5 Å². The third-order valence-corrected chi connectivity index (χ3v) is 3.65. The van der Waals surface area contributed by atoms with Crippen LogP contribution >= 0.6 is 0 Å². The second kappa shape index (κ2) is 9.57. The first-order valence-electron chi connectivity index (χ1n) is 8.07. The summed E-state index contributed by atoms with van der Waals surface area (Å²) in [6.07, 6.45) is 2.16. The van der Waals surface area contributed by atoms with Gasteiger partial charge in [-0.05, 0) is 55.7 Å². The van der Waals surface area contributed by atoms with Crippen molar-refractivity contribution in [2.24, 2.45) is 11.7 Å². The molecule has 0 radical (unpaired) electrons. The number of para-hydroxylation sites is 1. The number of aliphatic carboxylic acids is 1. The van der Waals surface area contributed by atoms with E-state index in [0.29, 0.717) is 13.0 Å². The van der Waals surface area contributed by atoms with E-state index in [0.717, 1.165) is 30.1 Å². The predicted molar refractivity (Wildman–Crippen MR) is 92.5 cm³/mol. The third-order valence-electron chi connectivity index (χ3n) is 3.65. The molecule has 0 saturated carbocycles. The van der Waals surface area contributed by atoms with Crippen LogP contribution in [0, 0.1) is 5.92 Å². The van der Waals surface area contributed by atoms with Crippen LogP contribution in [0.3, 0.4) is 0 Å².